The molecule has 0 unspecified atom stereocenters. The van der Waals surface area contributed by atoms with Crippen LogP contribution in [0.2, 0.25) is 0 Å². The van der Waals surface area contributed by atoms with Gasteiger partial charge in [0, 0.05) is 36.6 Å². The summed E-state index contributed by atoms with van der Waals surface area (Å²) < 4.78 is 1.84. The number of anilines is 1. The van der Waals surface area contributed by atoms with Crippen molar-refractivity contribution in [2.45, 2.75) is 20.4 Å². The highest BCUT2D eigenvalue weighted by molar-refractivity contribution is 5.96. The first-order chi connectivity index (χ1) is 14.0. The van der Waals surface area contributed by atoms with Crippen LogP contribution in [0.5, 0.6) is 0 Å². The summed E-state index contributed by atoms with van der Waals surface area (Å²) in [7, 11) is 0. The average molecular weight is 393 g/mol. The molecule has 1 amide bonds. The number of rotatable bonds is 8. The molecular weight excluding hydrogens is 370 g/mol. The van der Waals surface area contributed by atoms with Gasteiger partial charge in [0.1, 0.15) is 0 Å². The van der Waals surface area contributed by atoms with Crippen LogP contribution >= 0.6 is 0 Å². The van der Waals surface area contributed by atoms with Crippen molar-refractivity contribution in [2.24, 2.45) is 0 Å². The summed E-state index contributed by atoms with van der Waals surface area (Å²) in [4.78, 5) is 22.9. The third kappa shape index (κ3) is 4.98. The van der Waals surface area contributed by atoms with Gasteiger partial charge in [-0.2, -0.15) is 5.10 Å². The number of nitro groups is 1. The molecule has 3 aromatic rings. The number of aryl methyl sites for hydroxylation is 1. The SMILES string of the molecule is Cc1nn(Cc2ccccc2)c(C)c1C(=O)NCCNc1ccc([N+](=O)[O-])cc1. The van der Waals surface area contributed by atoms with Gasteiger partial charge in [-0.1, -0.05) is 30.3 Å². The first kappa shape index (κ1) is 20.1. The Bertz CT molecular complexity index is 997. The van der Waals surface area contributed by atoms with Crippen LogP contribution in [-0.4, -0.2) is 33.7 Å². The Labute approximate surface area is 168 Å². The van der Waals surface area contributed by atoms with Gasteiger partial charge in [-0.15, -0.1) is 0 Å². The Morgan fingerprint density at radius 3 is 2.41 bits per heavy atom. The van der Waals surface area contributed by atoms with Gasteiger partial charge in [0.2, 0.25) is 0 Å². The van der Waals surface area contributed by atoms with Crippen LogP contribution in [0.1, 0.15) is 27.3 Å². The van der Waals surface area contributed by atoms with Gasteiger partial charge in [-0.05, 0) is 31.5 Å². The van der Waals surface area contributed by atoms with Crippen molar-refractivity contribution in [2.75, 3.05) is 18.4 Å². The summed E-state index contributed by atoms with van der Waals surface area (Å²) in [5.74, 6) is -0.162. The smallest absolute Gasteiger partial charge is 0.269 e. The van der Waals surface area contributed by atoms with Gasteiger partial charge in [0.15, 0.2) is 0 Å². The highest BCUT2D eigenvalue weighted by Gasteiger charge is 2.18. The molecule has 0 aliphatic rings. The van der Waals surface area contributed by atoms with E-state index in [1.807, 2.05) is 48.9 Å². The van der Waals surface area contributed by atoms with Crippen LogP contribution in [0, 0.1) is 24.0 Å². The zero-order valence-corrected chi connectivity index (χ0v) is 16.4. The number of hydrogen-bond donors (Lipinski definition) is 2. The zero-order valence-electron chi connectivity index (χ0n) is 16.4. The number of carbonyl (C=O) groups is 1. The molecular formula is C21H23N5O3. The van der Waals surface area contributed by atoms with E-state index in [4.69, 9.17) is 0 Å². The van der Waals surface area contributed by atoms with Gasteiger partial charge >= 0.3 is 0 Å². The lowest BCUT2D eigenvalue weighted by atomic mass is 10.1. The van der Waals surface area contributed by atoms with E-state index < -0.39 is 4.92 Å². The van der Waals surface area contributed by atoms with Crippen molar-refractivity contribution in [3.05, 3.63) is 87.2 Å². The maximum atomic E-state index is 12.6. The molecule has 8 nitrogen and oxygen atoms in total. The maximum absolute atomic E-state index is 12.6. The minimum atomic E-state index is -0.438. The number of non-ortho nitro benzene ring substituents is 1. The molecule has 3 rings (SSSR count). The Hall–Kier alpha value is -3.68. The molecule has 29 heavy (non-hydrogen) atoms. The fraction of sp³-hybridized carbons (Fsp3) is 0.238. The number of hydrogen-bond acceptors (Lipinski definition) is 5. The molecule has 8 heteroatoms. The Balaban J connectivity index is 1.54. The highest BCUT2D eigenvalue weighted by atomic mass is 16.6. The van der Waals surface area contributed by atoms with Gasteiger partial charge in [0.25, 0.3) is 11.6 Å². The summed E-state index contributed by atoms with van der Waals surface area (Å²) in [6, 6.07) is 16.1. The average Bonchev–Trinajstić information content (AvgIpc) is 2.99. The molecule has 1 heterocycles. The Morgan fingerprint density at radius 1 is 1.07 bits per heavy atom. The summed E-state index contributed by atoms with van der Waals surface area (Å²) >= 11 is 0. The fourth-order valence-electron chi connectivity index (χ4n) is 3.11. The lowest BCUT2D eigenvalue weighted by Gasteiger charge is -2.09. The van der Waals surface area contributed by atoms with Crippen molar-refractivity contribution in [1.29, 1.82) is 0 Å². The summed E-state index contributed by atoms with van der Waals surface area (Å²) in [5, 5.41) is 21.2. The van der Waals surface area contributed by atoms with Crippen molar-refractivity contribution < 1.29 is 9.72 Å². The van der Waals surface area contributed by atoms with Crippen LogP contribution < -0.4 is 10.6 Å². The van der Waals surface area contributed by atoms with Crippen molar-refractivity contribution in [1.82, 2.24) is 15.1 Å². The third-order valence-electron chi connectivity index (χ3n) is 4.60. The van der Waals surface area contributed by atoms with E-state index in [1.165, 1.54) is 12.1 Å². The molecule has 0 atom stereocenters. The minimum Gasteiger partial charge on any atom is -0.383 e. The fourth-order valence-corrected chi connectivity index (χ4v) is 3.11. The van der Waals surface area contributed by atoms with Crippen LogP contribution in [-0.2, 0) is 6.54 Å². The second-order valence-corrected chi connectivity index (χ2v) is 6.68. The first-order valence-corrected chi connectivity index (χ1v) is 9.30. The van der Waals surface area contributed by atoms with Crippen molar-refractivity contribution in [3.63, 3.8) is 0 Å². The van der Waals surface area contributed by atoms with E-state index in [2.05, 4.69) is 15.7 Å². The highest BCUT2D eigenvalue weighted by Crippen LogP contribution is 2.16. The number of nitro benzene ring substituents is 1. The van der Waals surface area contributed by atoms with Crippen LogP contribution in [0.4, 0.5) is 11.4 Å². The molecule has 0 bridgehead atoms. The van der Waals surface area contributed by atoms with E-state index in [0.29, 0.717) is 30.9 Å². The summed E-state index contributed by atoms with van der Waals surface area (Å²) in [6.45, 7) is 5.26. The normalized spacial score (nSPS) is 10.6. The predicted molar refractivity (Wildman–Crippen MR) is 111 cm³/mol. The maximum Gasteiger partial charge on any atom is 0.269 e. The topological polar surface area (TPSA) is 102 Å². The quantitative estimate of drug-likeness (QED) is 0.347. The molecule has 0 aliphatic heterocycles. The molecule has 0 aliphatic carbocycles. The lowest BCUT2D eigenvalue weighted by Crippen LogP contribution is -2.29. The monoisotopic (exact) mass is 393 g/mol. The first-order valence-electron chi connectivity index (χ1n) is 9.30. The second kappa shape index (κ2) is 9.01. The second-order valence-electron chi connectivity index (χ2n) is 6.68. The minimum absolute atomic E-state index is 0.0438. The van der Waals surface area contributed by atoms with E-state index in [1.54, 1.807) is 12.1 Å². The van der Waals surface area contributed by atoms with Gasteiger partial charge < -0.3 is 10.6 Å². The third-order valence-corrected chi connectivity index (χ3v) is 4.60. The van der Waals surface area contributed by atoms with Crippen molar-refractivity contribution in [3.8, 4) is 0 Å². The standard InChI is InChI=1S/C21H23N5O3/c1-15-20(16(2)25(24-15)14-17-6-4-3-5-7-17)21(27)23-13-12-22-18-8-10-19(11-9-18)26(28)29/h3-11,22H,12-14H2,1-2H3,(H,23,27). The molecule has 0 spiro atoms. The number of nitrogens with zero attached hydrogens (tertiary/aromatic N) is 3. The Morgan fingerprint density at radius 2 is 1.76 bits per heavy atom. The van der Waals surface area contributed by atoms with Gasteiger partial charge in [-0.3, -0.25) is 19.6 Å². The molecule has 0 fully saturated rings. The van der Waals surface area contributed by atoms with E-state index in [0.717, 1.165) is 16.9 Å². The van der Waals surface area contributed by atoms with Gasteiger partial charge in [0.05, 0.1) is 22.7 Å². The van der Waals surface area contributed by atoms with Gasteiger partial charge in [-0.25, -0.2) is 0 Å². The lowest BCUT2D eigenvalue weighted by molar-refractivity contribution is -0.384. The number of aromatic nitrogens is 2. The van der Waals surface area contributed by atoms with Crippen LogP contribution in [0.25, 0.3) is 0 Å². The number of amides is 1. The van der Waals surface area contributed by atoms with E-state index >= 15 is 0 Å². The van der Waals surface area contributed by atoms with Crippen molar-refractivity contribution >= 4 is 17.3 Å². The largest absolute Gasteiger partial charge is 0.383 e. The summed E-state index contributed by atoms with van der Waals surface area (Å²) in [5.41, 5.74) is 4.04. The van der Waals surface area contributed by atoms with E-state index in [-0.39, 0.29) is 11.6 Å². The number of carbonyl (C=O) groups excluding carboxylic acids is 1. The van der Waals surface area contributed by atoms with Crippen LogP contribution in [0.15, 0.2) is 54.6 Å². The number of nitrogens with one attached hydrogen (secondary N) is 2. The summed E-state index contributed by atoms with van der Waals surface area (Å²) in [6.07, 6.45) is 0. The molecule has 1 aromatic heterocycles. The molecule has 150 valence electrons. The van der Waals surface area contributed by atoms with E-state index in [9.17, 15) is 14.9 Å². The predicted octanol–water partition coefficient (Wildman–Crippen LogP) is 3.30. The Kier molecular flexibility index (Phi) is 6.23. The number of benzene rings is 2. The van der Waals surface area contributed by atoms with Crippen LogP contribution in [0.3, 0.4) is 0 Å². The molecule has 2 aromatic carbocycles. The zero-order chi connectivity index (χ0) is 20.8. The molecule has 0 radical (unpaired) electrons. The molecule has 0 saturated heterocycles. The molecule has 0 saturated carbocycles. The molecule has 2 N–H and O–H groups in total.